The van der Waals surface area contributed by atoms with Crippen molar-refractivity contribution in [3.05, 3.63) is 64.9 Å². The van der Waals surface area contributed by atoms with Gasteiger partial charge in [0, 0.05) is 25.0 Å². The van der Waals surface area contributed by atoms with Gasteiger partial charge >= 0.3 is 0 Å². The minimum absolute atomic E-state index is 0.0260. The zero-order chi connectivity index (χ0) is 19.7. The fourth-order valence-corrected chi connectivity index (χ4v) is 3.92. The highest BCUT2D eigenvalue weighted by Crippen LogP contribution is 2.27. The fourth-order valence-electron chi connectivity index (χ4n) is 3.92. The molecule has 1 aliphatic heterocycles. The molecule has 3 aromatic rings. The Labute approximate surface area is 164 Å². The SMILES string of the molecule is Cc1cccnc1C(=O)N1CC[C@H](Cc2cccc(-c3c(C)noc3C)n2)C1. The van der Waals surface area contributed by atoms with Crippen LogP contribution in [-0.2, 0) is 6.42 Å². The van der Waals surface area contributed by atoms with E-state index < -0.39 is 0 Å². The molecule has 1 fully saturated rings. The van der Waals surface area contributed by atoms with Crippen LogP contribution in [0, 0.1) is 26.7 Å². The first kappa shape index (κ1) is 18.3. The number of rotatable bonds is 4. The van der Waals surface area contributed by atoms with Crippen LogP contribution in [0.1, 0.15) is 39.6 Å². The maximum atomic E-state index is 12.8. The van der Waals surface area contributed by atoms with Gasteiger partial charge in [-0.3, -0.25) is 14.8 Å². The lowest BCUT2D eigenvalue weighted by Crippen LogP contribution is -2.30. The van der Waals surface area contributed by atoms with Crippen molar-refractivity contribution in [2.24, 2.45) is 5.92 Å². The molecule has 0 saturated carbocycles. The topological polar surface area (TPSA) is 72.1 Å². The van der Waals surface area contributed by atoms with Gasteiger partial charge in [-0.15, -0.1) is 0 Å². The van der Waals surface area contributed by atoms with Crippen LogP contribution in [0.25, 0.3) is 11.3 Å². The molecule has 0 N–H and O–H groups in total. The van der Waals surface area contributed by atoms with E-state index in [1.54, 1.807) is 6.20 Å². The van der Waals surface area contributed by atoms with E-state index >= 15 is 0 Å². The van der Waals surface area contributed by atoms with Gasteiger partial charge in [0.05, 0.1) is 17.0 Å². The summed E-state index contributed by atoms with van der Waals surface area (Å²) in [5.41, 5.74) is 5.22. The predicted molar refractivity (Wildman–Crippen MR) is 106 cm³/mol. The van der Waals surface area contributed by atoms with Gasteiger partial charge in [0.15, 0.2) is 0 Å². The summed E-state index contributed by atoms with van der Waals surface area (Å²) in [7, 11) is 0. The van der Waals surface area contributed by atoms with Gasteiger partial charge in [-0.1, -0.05) is 17.3 Å². The van der Waals surface area contributed by atoms with E-state index in [9.17, 15) is 4.79 Å². The first-order valence-corrected chi connectivity index (χ1v) is 9.63. The van der Waals surface area contributed by atoms with Gasteiger partial charge in [0.25, 0.3) is 5.91 Å². The molecule has 0 bridgehead atoms. The maximum Gasteiger partial charge on any atom is 0.272 e. The minimum atomic E-state index is 0.0260. The van der Waals surface area contributed by atoms with E-state index in [2.05, 4.69) is 16.2 Å². The third-order valence-electron chi connectivity index (χ3n) is 5.38. The molecule has 6 nitrogen and oxygen atoms in total. The van der Waals surface area contributed by atoms with E-state index in [0.29, 0.717) is 11.6 Å². The molecule has 144 valence electrons. The van der Waals surface area contributed by atoms with E-state index in [4.69, 9.17) is 9.51 Å². The van der Waals surface area contributed by atoms with Crippen molar-refractivity contribution in [3.63, 3.8) is 0 Å². The van der Waals surface area contributed by atoms with Crippen molar-refractivity contribution in [2.75, 3.05) is 13.1 Å². The number of hydrogen-bond acceptors (Lipinski definition) is 5. The summed E-state index contributed by atoms with van der Waals surface area (Å²) in [6, 6.07) is 9.85. The lowest BCUT2D eigenvalue weighted by atomic mass is 10.0. The average molecular weight is 376 g/mol. The van der Waals surface area contributed by atoms with Crippen molar-refractivity contribution < 1.29 is 9.32 Å². The number of nitrogens with zero attached hydrogens (tertiary/aromatic N) is 4. The van der Waals surface area contributed by atoms with Crippen molar-refractivity contribution in [1.29, 1.82) is 0 Å². The highest BCUT2D eigenvalue weighted by atomic mass is 16.5. The Morgan fingerprint density at radius 3 is 2.82 bits per heavy atom. The molecule has 1 aliphatic rings. The Bertz CT molecular complexity index is 992. The molecule has 3 aromatic heterocycles. The van der Waals surface area contributed by atoms with Crippen LogP contribution in [0.3, 0.4) is 0 Å². The Morgan fingerprint density at radius 2 is 2.07 bits per heavy atom. The molecule has 1 atom stereocenters. The van der Waals surface area contributed by atoms with Gasteiger partial charge in [-0.2, -0.15) is 0 Å². The Hall–Kier alpha value is -3.02. The van der Waals surface area contributed by atoms with Crippen LogP contribution in [0.2, 0.25) is 0 Å². The number of aromatic nitrogens is 3. The van der Waals surface area contributed by atoms with E-state index in [1.807, 2.05) is 49.9 Å². The van der Waals surface area contributed by atoms with Gasteiger partial charge in [0.1, 0.15) is 11.5 Å². The third kappa shape index (κ3) is 3.54. The molecule has 1 amide bonds. The third-order valence-corrected chi connectivity index (χ3v) is 5.38. The van der Waals surface area contributed by atoms with E-state index in [0.717, 1.165) is 59.9 Å². The number of likely N-dealkylation sites (tertiary alicyclic amines) is 1. The average Bonchev–Trinajstić information content (AvgIpc) is 3.28. The van der Waals surface area contributed by atoms with Crippen LogP contribution in [0.4, 0.5) is 0 Å². The summed E-state index contributed by atoms with van der Waals surface area (Å²) in [6.45, 7) is 7.27. The number of carbonyl (C=O) groups is 1. The molecular weight excluding hydrogens is 352 g/mol. The largest absolute Gasteiger partial charge is 0.361 e. The monoisotopic (exact) mass is 376 g/mol. The van der Waals surface area contributed by atoms with Gasteiger partial charge < -0.3 is 9.42 Å². The molecule has 0 radical (unpaired) electrons. The molecule has 0 aliphatic carbocycles. The predicted octanol–water partition coefficient (Wildman–Crippen LogP) is 3.76. The molecule has 4 heterocycles. The zero-order valence-electron chi connectivity index (χ0n) is 16.5. The van der Waals surface area contributed by atoms with Crippen molar-refractivity contribution in [1.82, 2.24) is 20.0 Å². The second kappa shape index (κ2) is 7.54. The summed E-state index contributed by atoms with van der Waals surface area (Å²) in [4.78, 5) is 23.8. The van der Waals surface area contributed by atoms with Crippen LogP contribution in [0.15, 0.2) is 41.1 Å². The summed E-state index contributed by atoms with van der Waals surface area (Å²) >= 11 is 0. The van der Waals surface area contributed by atoms with Gasteiger partial charge in [0.2, 0.25) is 0 Å². The molecule has 0 aromatic carbocycles. The van der Waals surface area contributed by atoms with Crippen LogP contribution < -0.4 is 0 Å². The second-order valence-corrected chi connectivity index (χ2v) is 7.49. The standard InChI is InChI=1S/C22H24N4O2/c1-14-6-5-10-23-21(14)22(27)26-11-9-17(13-26)12-18-7-4-8-19(24-18)20-15(2)25-28-16(20)3/h4-8,10,17H,9,11-13H2,1-3H3/t17-/m1/s1. The second-order valence-electron chi connectivity index (χ2n) is 7.49. The Balaban J connectivity index is 1.46. The van der Waals surface area contributed by atoms with Crippen molar-refractivity contribution in [3.8, 4) is 11.3 Å². The molecule has 0 unspecified atom stereocenters. The van der Waals surface area contributed by atoms with Crippen LogP contribution in [-0.4, -0.2) is 39.0 Å². The number of amides is 1. The summed E-state index contributed by atoms with van der Waals surface area (Å²) in [5.74, 6) is 1.21. The highest BCUT2D eigenvalue weighted by Gasteiger charge is 2.28. The molecular formula is C22H24N4O2. The maximum absolute atomic E-state index is 12.8. The Kier molecular flexibility index (Phi) is 4.94. The number of hydrogen-bond donors (Lipinski definition) is 0. The van der Waals surface area contributed by atoms with E-state index in [-0.39, 0.29) is 5.91 Å². The summed E-state index contributed by atoms with van der Waals surface area (Å²) < 4.78 is 5.28. The van der Waals surface area contributed by atoms with Crippen LogP contribution >= 0.6 is 0 Å². The lowest BCUT2D eigenvalue weighted by Gasteiger charge is -2.17. The first-order valence-electron chi connectivity index (χ1n) is 9.63. The van der Waals surface area contributed by atoms with E-state index in [1.165, 1.54) is 0 Å². The first-order chi connectivity index (χ1) is 13.5. The highest BCUT2D eigenvalue weighted by molar-refractivity contribution is 5.93. The van der Waals surface area contributed by atoms with Crippen molar-refractivity contribution in [2.45, 2.75) is 33.6 Å². The number of carbonyl (C=O) groups excluding carboxylic acids is 1. The normalized spacial score (nSPS) is 16.5. The molecule has 28 heavy (non-hydrogen) atoms. The summed E-state index contributed by atoms with van der Waals surface area (Å²) in [5, 5.41) is 4.03. The quantitative estimate of drug-likeness (QED) is 0.693. The zero-order valence-corrected chi connectivity index (χ0v) is 16.5. The van der Waals surface area contributed by atoms with Crippen LogP contribution in [0.5, 0.6) is 0 Å². The molecule has 6 heteroatoms. The molecule has 0 spiro atoms. The Morgan fingerprint density at radius 1 is 1.21 bits per heavy atom. The smallest absolute Gasteiger partial charge is 0.272 e. The molecule has 4 rings (SSSR count). The molecule has 1 saturated heterocycles. The minimum Gasteiger partial charge on any atom is -0.361 e. The summed E-state index contributed by atoms with van der Waals surface area (Å²) in [6.07, 6.45) is 3.51. The van der Waals surface area contributed by atoms with Crippen molar-refractivity contribution >= 4 is 5.91 Å². The van der Waals surface area contributed by atoms with Gasteiger partial charge in [-0.05, 0) is 63.3 Å². The number of pyridine rings is 2. The van der Waals surface area contributed by atoms with Gasteiger partial charge in [-0.25, -0.2) is 0 Å². The number of aryl methyl sites for hydroxylation is 3. The fraction of sp³-hybridized carbons (Fsp3) is 0.364. The lowest BCUT2D eigenvalue weighted by molar-refractivity contribution is 0.0780.